The number of para-hydroxylation sites is 1. The van der Waals surface area contributed by atoms with Crippen molar-refractivity contribution < 1.29 is 18.0 Å². The van der Waals surface area contributed by atoms with Crippen LogP contribution in [0.15, 0.2) is 40.4 Å². The van der Waals surface area contributed by atoms with E-state index in [-0.39, 0.29) is 5.52 Å². The van der Waals surface area contributed by atoms with Gasteiger partial charge in [0.25, 0.3) is 0 Å². The molecule has 24 heavy (non-hydrogen) atoms. The molecular formula is C15H8F3N5O. The van der Waals surface area contributed by atoms with Crippen molar-refractivity contribution >= 4 is 17.2 Å². The van der Waals surface area contributed by atoms with Crippen molar-refractivity contribution in [3.05, 3.63) is 46.7 Å². The van der Waals surface area contributed by atoms with E-state index in [0.29, 0.717) is 27.7 Å². The van der Waals surface area contributed by atoms with E-state index in [2.05, 4.69) is 20.0 Å². The molecule has 9 heteroatoms. The molecule has 3 aromatic rings. The largest absolute Gasteiger partial charge is 0.417 e. The van der Waals surface area contributed by atoms with Gasteiger partial charge in [-0.05, 0) is 18.2 Å². The van der Waals surface area contributed by atoms with Crippen molar-refractivity contribution in [2.24, 2.45) is 17.0 Å². The fraction of sp³-hybridized carbons (Fsp3) is 0.133. The van der Waals surface area contributed by atoms with Crippen LogP contribution in [0.25, 0.3) is 22.6 Å². The average molecular weight is 331 g/mol. The first-order chi connectivity index (χ1) is 11.3. The molecule has 4 rings (SSSR count). The number of fused-ring (bicyclic) bond motifs is 2. The monoisotopic (exact) mass is 331 g/mol. The van der Waals surface area contributed by atoms with Gasteiger partial charge in [-0.25, -0.2) is 14.8 Å². The van der Waals surface area contributed by atoms with Gasteiger partial charge >= 0.3 is 12.2 Å². The van der Waals surface area contributed by atoms with Crippen molar-refractivity contribution in [2.45, 2.75) is 6.18 Å². The van der Waals surface area contributed by atoms with E-state index in [4.69, 9.17) is 0 Å². The molecule has 2 amide bonds. The maximum atomic E-state index is 12.8. The molecule has 120 valence electrons. The Bertz CT molecular complexity index is 1130. The molecule has 6 nitrogen and oxygen atoms in total. The molecule has 0 N–H and O–H groups in total. The molecule has 3 heterocycles. The van der Waals surface area contributed by atoms with E-state index in [1.807, 2.05) is 0 Å². The highest BCUT2D eigenvalue weighted by Crippen LogP contribution is 2.31. The van der Waals surface area contributed by atoms with Crippen LogP contribution in [-0.2, 0) is 13.2 Å². The number of imidazole rings is 1. The highest BCUT2D eigenvalue weighted by Gasteiger charge is 2.31. The number of amides is 2. The summed E-state index contributed by atoms with van der Waals surface area (Å²) in [4.78, 5) is 27.1. The number of aromatic nitrogens is 3. The molecule has 0 bridgehead atoms. The summed E-state index contributed by atoms with van der Waals surface area (Å²) in [5.41, 5.74) is 0.0574. The first-order valence-corrected chi connectivity index (χ1v) is 6.85. The number of hydrogen-bond acceptors (Lipinski definition) is 3. The van der Waals surface area contributed by atoms with Crippen molar-refractivity contribution in [2.75, 3.05) is 0 Å². The number of benzene rings is 1. The molecule has 0 saturated carbocycles. The maximum absolute atomic E-state index is 12.8. The zero-order chi connectivity index (χ0) is 17.1. The summed E-state index contributed by atoms with van der Waals surface area (Å²) in [5.74, 6) is 0.363. The number of aryl methyl sites for hydroxylation is 1. The van der Waals surface area contributed by atoms with Crippen LogP contribution in [-0.4, -0.2) is 20.6 Å². The van der Waals surface area contributed by atoms with E-state index in [9.17, 15) is 18.0 Å². The maximum Gasteiger partial charge on any atom is 0.417 e. The molecule has 1 aromatic carbocycles. The van der Waals surface area contributed by atoms with E-state index in [0.717, 1.165) is 12.3 Å². The van der Waals surface area contributed by atoms with Gasteiger partial charge in [0.2, 0.25) is 0 Å². The number of rotatable bonds is 1. The molecule has 1 aliphatic heterocycles. The normalized spacial score (nSPS) is 13.8. The topological polar surface area (TPSA) is 72.5 Å². The van der Waals surface area contributed by atoms with Crippen molar-refractivity contribution in [3.8, 4) is 11.4 Å². The van der Waals surface area contributed by atoms with Crippen LogP contribution in [0.3, 0.4) is 0 Å². The lowest BCUT2D eigenvalue weighted by Crippen LogP contribution is -2.24. The summed E-state index contributed by atoms with van der Waals surface area (Å²) in [6, 6.07) is 5.33. The van der Waals surface area contributed by atoms with Crippen LogP contribution in [0, 0.1) is 0 Å². The number of carbonyl (C=O) groups is 1. The van der Waals surface area contributed by atoms with Gasteiger partial charge in [-0.2, -0.15) is 23.2 Å². The SMILES string of the molecule is Cn1c(-c2cccc3c2=NC(=O)N=3)nc2cc(C(F)(F)F)cnc21. The van der Waals surface area contributed by atoms with Gasteiger partial charge < -0.3 is 4.57 Å². The standard InChI is InChI=1S/C15H8F3N5O/c1-23-12(8-3-2-4-9-11(8)22-14(24)21-9)20-10-5-7(15(16,17)18)6-19-13(10)23/h2-6H,1H3. The smallest absolute Gasteiger partial charge is 0.312 e. The number of urea groups is 1. The fourth-order valence-corrected chi connectivity index (χ4v) is 2.62. The number of pyridine rings is 1. The Balaban J connectivity index is 1.99. The lowest BCUT2D eigenvalue weighted by molar-refractivity contribution is -0.137. The van der Waals surface area contributed by atoms with E-state index in [1.165, 1.54) is 0 Å². The molecule has 0 fully saturated rings. The number of halogens is 3. The van der Waals surface area contributed by atoms with Crippen LogP contribution in [0.2, 0.25) is 0 Å². The summed E-state index contributed by atoms with van der Waals surface area (Å²) >= 11 is 0. The predicted molar refractivity (Wildman–Crippen MR) is 76.7 cm³/mol. The minimum Gasteiger partial charge on any atom is -0.312 e. The molecule has 0 spiro atoms. The zero-order valence-corrected chi connectivity index (χ0v) is 12.2. The molecule has 0 aliphatic carbocycles. The van der Waals surface area contributed by atoms with Crippen LogP contribution < -0.4 is 10.7 Å². The average Bonchev–Trinajstić information content (AvgIpc) is 3.05. The Kier molecular flexibility index (Phi) is 2.84. The van der Waals surface area contributed by atoms with Gasteiger partial charge in [0.15, 0.2) is 5.65 Å². The Morgan fingerprint density at radius 1 is 1.17 bits per heavy atom. The second-order valence-electron chi connectivity index (χ2n) is 5.24. The summed E-state index contributed by atoms with van der Waals surface area (Å²) in [6.45, 7) is 0. The fourth-order valence-electron chi connectivity index (χ4n) is 2.62. The lowest BCUT2D eigenvalue weighted by atomic mass is 10.2. The minimum atomic E-state index is -4.49. The summed E-state index contributed by atoms with van der Waals surface area (Å²) in [7, 11) is 1.64. The van der Waals surface area contributed by atoms with Gasteiger partial charge in [-0.3, -0.25) is 0 Å². The van der Waals surface area contributed by atoms with Crippen LogP contribution in [0.5, 0.6) is 0 Å². The van der Waals surface area contributed by atoms with Gasteiger partial charge in [-0.1, -0.05) is 6.07 Å². The lowest BCUT2D eigenvalue weighted by Gasteiger charge is -2.05. The number of hydrogen-bond donors (Lipinski definition) is 0. The zero-order valence-electron chi connectivity index (χ0n) is 12.2. The molecule has 0 radical (unpaired) electrons. The Morgan fingerprint density at radius 3 is 2.71 bits per heavy atom. The Labute approximate surface area is 132 Å². The van der Waals surface area contributed by atoms with Crippen LogP contribution >= 0.6 is 0 Å². The quantitative estimate of drug-likeness (QED) is 0.685. The van der Waals surface area contributed by atoms with Crippen LogP contribution in [0.1, 0.15) is 5.56 Å². The molecule has 1 aliphatic rings. The van der Waals surface area contributed by atoms with Gasteiger partial charge in [-0.15, -0.1) is 0 Å². The summed E-state index contributed by atoms with van der Waals surface area (Å²) in [6.07, 6.45) is -3.72. The van der Waals surface area contributed by atoms with E-state index in [1.54, 1.807) is 29.8 Å². The molecule has 0 saturated heterocycles. The Hall–Kier alpha value is -3.10. The second kappa shape index (κ2) is 4.70. The van der Waals surface area contributed by atoms with E-state index < -0.39 is 17.8 Å². The van der Waals surface area contributed by atoms with E-state index >= 15 is 0 Å². The van der Waals surface area contributed by atoms with Gasteiger partial charge in [0, 0.05) is 18.8 Å². The van der Waals surface area contributed by atoms with Gasteiger partial charge in [0.05, 0.1) is 10.9 Å². The van der Waals surface area contributed by atoms with Crippen molar-refractivity contribution in [1.82, 2.24) is 14.5 Å². The first kappa shape index (κ1) is 14.5. The van der Waals surface area contributed by atoms with Gasteiger partial charge in [0.1, 0.15) is 16.7 Å². The highest BCUT2D eigenvalue weighted by molar-refractivity contribution is 5.80. The molecular weight excluding hydrogens is 323 g/mol. The summed E-state index contributed by atoms with van der Waals surface area (Å²) in [5, 5.41) is 0.769. The minimum absolute atomic E-state index is 0.112. The van der Waals surface area contributed by atoms with Crippen LogP contribution in [0.4, 0.5) is 18.0 Å². The third kappa shape index (κ3) is 2.08. The molecule has 0 atom stereocenters. The second-order valence-corrected chi connectivity index (χ2v) is 5.24. The first-order valence-electron chi connectivity index (χ1n) is 6.85. The van der Waals surface area contributed by atoms with Crippen molar-refractivity contribution in [1.29, 1.82) is 0 Å². The number of carbonyl (C=O) groups excluding carboxylic acids is 1. The summed E-state index contributed by atoms with van der Waals surface area (Å²) < 4.78 is 40.0. The molecule has 0 unspecified atom stereocenters. The number of alkyl halides is 3. The van der Waals surface area contributed by atoms with Crippen molar-refractivity contribution in [3.63, 3.8) is 0 Å². The highest BCUT2D eigenvalue weighted by atomic mass is 19.4. The predicted octanol–water partition coefficient (Wildman–Crippen LogP) is 2.03. The number of nitrogens with zero attached hydrogens (tertiary/aromatic N) is 5. The third-order valence-electron chi connectivity index (χ3n) is 3.72. The Morgan fingerprint density at radius 2 is 1.96 bits per heavy atom. The molecule has 2 aromatic heterocycles. The third-order valence-corrected chi connectivity index (χ3v) is 3.72.